The number of hydrogen-bond donors (Lipinski definition) is 2. The van der Waals surface area contributed by atoms with Crippen LogP contribution in [-0.2, 0) is 0 Å². The van der Waals surface area contributed by atoms with Crippen LogP contribution in [0.4, 0.5) is 0 Å². The van der Waals surface area contributed by atoms with E-state index in [0.717, 1.165) is 18.8 Å². The first-order chi connectivity index (χ1) is 10.2. The molecule has 0 amide bonds. The highest BCUT2D eigenvalue weighted by atomic mass is 16.3. The van der Waals surface area contributed by atoms with Crippen molar-refractivity contribution in [1.29, 1.82) is 0 Å². The molecular formula is C18H26O3. The first kappa shape index (κ1) is 15.9. The average Bonchev–Trinajstić information content (AvgIpc) is 2.50. The second kappa shape index (κ2) is 8.06. The Morgan fingerprint density at radius 3 is 2.57 bits per heavy atom. The zero-order chi connectivity index (χ0) is 15.1. The highest BCUT2D eigenvalue weighted by Crippen LogP contribution is 2.28. The van der Waals surface area contributed by atoms with Gasteiger partial charge < -0.3 is 10.2 Å². The number of aromatic hydroxyl groups is 2. The lowest BCUT2D eigenvalue weighted by molar-refractivity contribution is 0.0976. The van der Waals surface area contributed by atoms with Gasteiger partial charge in [-0.15, -0.1) is 0 Å². The summed E-state index contributed by atoms with van der Waals surface area (Å²) in [5.41, 5.74) is 0.238. The molecule has 0 heterocycles. The maximum atomic E-state index is 12.0. The lowest BCUT2D eigenvalue weighted by Gasteiger charge is -2.21. The predicted octanol–water partition coefficient (Wildman–Crippen LogP) is 4.81. The number of ketones is 1. The second-order valence-corrected chi connectivity index (χ2v) is 6.23. The molecule has 3 heteroatoms. The number of benzene rings is 1. The standard InChI is InChI=1S/C18H26O3/c19-15-11-12-18(21)16(13-15)17(20)10-6-2-5-9-14-7-3-1-4-8-14/h11-14,19,21H,1-10H2. The molecule has 0 atom stereocenters. The molecule has 116 valence electrons. The topological polar surface area (TPSA) is 57.5 Å². The van der Waals surface area contributed by atoms with Gasteiger partial charge in [0.15, 0.2) is 5.78 Å². The predicted molar refractivity (Wildman–Crippen MR) is 83.8 cm³/mol. The fraction of sp³-hybridized carbons (Fsp3) is 0.611. The molecule has 0 aliphatic heterocycles. The van der Waals surface area contributed by atoms with Crippen molar-refractivity contribution in [1.82, 2.24) is 0 Å². The Morgan fingerprint density at radius 2 is 1.81 bits per heavy atom. The van der Waals surface area contributed by atoms with E-state index in [1.165, 1.54) is 63.1 Å². The summed E-state index contributed by atoms with van der Waals surface area (Å²) in [6, 6.07) is 4.10. The lowest BCUT2D eigenvalue weighted by Crippen LogP contribution is -2.06. The normalized spacial score (nSPS) is 16.0. The zero-order valence-corrected chi connectivity index (χ0v) is 12.7. The van der Waals surface area contributed by atoms with E-state index in [2.05, 4.69) is 0 Å². The van der Waals surface area contributed by atoms with E-state index in [4.69, 9.17) is 0 Å². The van der Waals surface area contributed by atoms with E-state index in [0.29, 0.717) is 6.42 Å². The highest BCUT2D eigenvalue weighted by molar-refractivity contribution is 5.98. The van der Waals surface area contributed by atoms with Gasteiger partial charge in [0.1, 0.15) is 11.5 Å². The summed E-state index contributed by atoms with van der Waals surface area (Å²) in [7, 11) is 0. The van der Waals surface area contributed by atoms with Gasteiger partial charge in [0.25, 0.3) is 0 Å². The summed E-state index contributed by atoms with van der Waals surface area (Å²) in [5, 5.41) is 19.0. The van der Waals surface area contributed by atoms with Gasteiger partial charge in [-0.3, -0.25) is 4.79 Å². The van der Waals surface area contributed by atoms with Crippen molar-refractivity contribution < 1.29 is 15.0 Å². The third kappa shape index (κ3) is 5.07. The molecule has 0 aromatic heterocycles. The number of phenolic OH excluding ortho intramolecular Hbond substituents is 2. The Labute approximate surface area is 127 Å². The number of carbonyl (C=O) groups excluding carboxylic acids is 1. The van der Waals surface area contributed by atoms with Crippen LogP contribution in [0.5, 0.6) is 11.5 Å². The Hall–Kier alpha value is -1.51. The summed E-state index contributed by atoms with van der Waals surface area (Å²) in [6.45, 7) is 0. The number of hydrogen-bond acceptors (Lipinski definition) is 3. The van der Waals surface area contributed by atoms with Gasteiger partial charge in [0.2, 0.25) is 0 Å². The number of carbonyl (C=O) groups is 1. The van der Waals surface area contributed by atoms with Crippen molar-refractivity contribution in [3.63, 3.8) is 0 Å². The molecule has 2 rings (SSSR count). The molecule has 1 saturated carbocycles. The van der Waals surface area contributed by atoms with Crippen LogP contribution in [0.25, 0.3) is 0 Å². The van der Waals surface area contributed by atoms with E-state index in [1.807, 2.05) is 0 Å². The van der Waals surface area contributed by atoms with Crippen molar-refractivity contribution in [2.24, 2.45) is 5.92 Å². The fourth-order valence-corrected chi connectivity index (χ4v) is 3.25. The van der Waals surface area contributed by atoms with Gasteiger partial charge >= 0.3 is 0 Å². The Kier molecular flexibility index (Phi) is 6.09. The molecule has 2 N–H and O–H groups in total. The summed E-state index contributed by atoms with van der Waals surface area (Å²) >= 11 is 0. The molecule has 0 bridgehead atoms. The third-order valence-electron chi connectivity index (χ3n) is 4.52. The molecule has 1 aromatic carbocycles. The van der Waals surface area contributed by atoms with Crippen LogP contribution < -0.4 is 0 Å². The molecule has 0 saturated heterocycles. The summed E-state index contributed by atoms with van der Waals surface area (Å²) in [6.07, 6.45) is 11.8. The Bertz CT molecular complexity index is 462. The molecule has 1 aromatic rings. The van der Waals surface area contributed by atoms with E-state index in [9.17, 15) is 15.0 Å². The van der Waals surface area contributed by atoms with E-state index in [-0.39, 0.29) is 22.8 Å². The minimum atomic E-state index is -0.0823. The molecule has 21 heavy (non-hydrogen) atoms. The number of Topliss-reactive ketones (excluding diaryl/α,β-unsaturated/α-hetero) is 1. The molecule has 1 aliphatic rings. The molecule has 0 spiro atoms. The van der Waals surface area contributed by atoms with Gasteiger partial charge in [0.05, 0.1) is 5.56 Å². The molecular weight excluding hydrogens is 264 g/mol. The maximum absolute atomic E-state index is 12.0. The average molecular weight is 290 g/mol. The Morgan fingerprint density at radius 1 is 1.05 bits per heavy atom. The van der Waals surface area contributed by atoms with Gasteiger partial charge in [-0.25, -0.2) is 0 Å². The van der Waals surface area contributed by atoms with Crippen LogP contribution in [-0.4, -0.2) is 16.0 Å². The quantitative estimate of drug-likeness (QED) is 0.430. The van der Waals surface area contributed by atoms with Crippen molar-refractivity contribution in [3.05, 3.63) is 23.8 Å². The van der Waals surface area contributed by atoms with Crippen LogP contribution in [0.3, 0.4) is 0 Å². The summed E-state index contributed by atoms with van der Waals surface area (Å²) in [4.78, 5) is 12.0. The minimum absolute atomic E-state index is 0.0217. The molecule has 1 fully saturated rings. The van der Waals surface area contributed by atoms with Crippen molar-refractivity contribution >= 4 is 5.78 Å². The van der Waals surface area contributed by atoms with Crippen LogP contribution >= 0.6 is 0 Å². The minimum Gasteiger partial charge on any atom is -0.508 e. The van der Waals surface area contributed by atoms with Crippen molar-refractivity contribution in [2.75, 3.05) is 0 Å². The van der Waals surface area contributed by atoms with Crippen molar-refractivity contribution in [2.45, 2.75) is 64.2 Å². The second-order valence-electron chi connectivity index (χ2n) is 6.23. The maximum Gasteiger partial charge on any atom is 0.166 e. The third-order valence-corrected chi connectivity index (χ3v) is 4.52. The van der Waals surface area contributed by atoms with Crippen molar-refractivity contribution in [3.8, 4) is 11.5 Å². The summed E-state index contributed by atoms with van der Waals surface area (Å²) in [5.74, 6) is 0.805. The van der Waals surface area contributed by atoms with Gasteiger partial charge in [0, 0.05) is 6.42 Å². The Balaban J connectivity index is 1.66. The number of rotatable bonds is 7. The summed E-state index contributed by atoms with van der Waals surface area (Å²) < 4.78 is 0. The van der Waals surface area contributed by atoms with E-state index in [1.54, 1.807) is 0 Å². The van der Waals surface area contributed by atoms with Crippen LogP contribution in [0.2, 0.25) is 0 Å². The van der Waals surface area contributed by atoms with Gasteiger partial charge in [-0.2, -0.15) is 0 Å². The largest absolute Gasteiger partial charge is 0.508 e. The SMILES string of the molecule is O=C(CCCCCC1CCCCC1)c1cc(O)ccc1O. The molecule has 0 unspecified atom stereocenters. The zero-order valence-electron chi connectivity index (χ0n) is 12.7. The highest BCUT2D eigenvalue weighted by Gasteiger charge is 2.14. The van der Waals surface area contributed by atoms with Crippen LogP contribution in [0, 0.1) is 5.92 Å². The van der Waals surface area contributed by atoms with E-state index < -0.39 is 0 Å². The van der Waals surface area contributed by atoms with Crippen LogP contribution in [0.15, 0.2) is 18.2 Å². The molecule has 0 radical (unpaired) electrons. The number of unbranched alkanes of at least 4 members (excludes halogenated alkanes) is 2. The smallest absolute Gasteiger partial charge is 0.166 e. The van der Waals surface area contributed by atoms with Gasteiger partial charge in [-0.1, -0.05) is 51.4 Å². The number of phenols is 2. The molecule has 1 aliphatic carbocycles. The first-order valence-electron chi connectivity index (χ1n) is 8.22. The first-order valence-corrected chi connectivity index (χ1v) is 8.22. The molecule has 3 nitrogen and oxygen atoms in total. The van der Waals surface area contributed by atoms with E-state index >= 15 is 0 Å². The monoisotopic (exact) mass is 290 g/mol. The van der Waals surface area contributed by atoms with Gasteiger partial charge in [-0.05, 0) is 30.5 Å². The fourth-order valence-electron chi connectivity index (χ4n) is 3.25. The lowest BCUT2D eigenvalue weighted by atomic mass is 9.85. The van der Waals surface area contributed by atoms with Crippen LogP contribution in [0.1, 0.15) is 74.6 Å².